The zero-order valence-electron chi connectivity index (χ0n) is 14.0. The van der Waals surface area contributed by atoms with E-state index in [0.717, 1.165) is 23.0 Å². The summed E-state index contributed by atoms with van der Waals surface area (Å²) < 4.78 is 11.2. The lowest BCUT2D eigenvalue weighted by molar-refractivity contribution is 0.354. The average Bonchev–Trinajstić information content (AvgIpc) is 2.77. The SMILES string of the molecule is COc1ccc(C2SCc3cc(C)c(C)cc3CS2)cc1OC. The molecule has 23 heavy (non-hydrogen) atoms. The maximum atomic E-state index is 5.45. The molecule has 1 heterocycles. The van der Waals surface area contributed by atoms with Gasteiger partial charge in [-0.1, -0.05) is 18.2 Å². The number of hydrogen-bond donors (Lipinski definition) is 0. The van der Waals surface area contributed by atoms with E-state index in [2.05, 4.69) is 38.1 Å². The van der Waals surface area contributed by atoms with Gasteiger partial charge in [-0.2, -0.15) is 0 Å². The number of ether oxygens (including phenoxy) is 2. The molecule has 0 amide bonds. The Morgan fingerprint density at radius 2 is 1.39 bits per heavy atom. The molecule has 0 fully saturated rings. The van der Waals surface area contributed by atoms with Crippen molar-refractivity contribution in [3.05, 3.63) is 58.1 Å². The van der Waals surface area contributed by atoms with E-state index in [9.17, 15) is 0 Å². The van der Waals surface area contributed by atoms with Crippen LogP contribution in [-0.2, 0) is 11.5 Å². The molecule has 1 aliphatic heterocycles. The summed E-state index contributed by atoms with van der Waals surface area (Å²) in [5.41, 5.74) is 7.03. The highest BCUT2D eigenvalue weighted by atomic mass is 32.2. The molecule has 3 rings (SSSR count). The van der Waals surface area contributed by atoms with Crippen LogP contribution < -0.4 is 9.47 Å². The third-order valence-electron chi connectivity index (χ3n) is 4.28. The highest BCUT2D eigenvalue weighted by Crippen LogP contribution is 2.47. The van der Waals surface area contributed by atoms with Crippen LogP contribution in [0.1, 0.15) is 32.4 Å². The molecular formula is C19H22O2S2. The monoisotopic (exact) mass is 346 g/mol. The smallest absolute Gasteiger partial charge is 0.161 e. The van der Waals surface area contributed by atoms with Gasteiger partial charge in [0.25, 0.3) is 0 Å². The van der Waals surface area contributed by atoms with E-state index in [0.29, 0.717) is 4.58 Å². The fourth-order valence-corrected chi connectivity index (χ4v) is 5.45. The van der Waals surface area contributed by atoms with Gasteiger partial charge in [0, 0.05) is 11.5 Å². The average molecular weight is 347 g/mol. The van der Waals surface area contributed by atoms with Crippen LogP contribution in [0.25, 0.3) is 0 Å². The van der Waals surface area contributed by atoms with E-state index >= 15 is 0 Å². The molecule has 0 saturated carbocycles. The maximum absolute atomic E-state index is 5.45. The van der Waals surface area contributed by atoms with Crippen molar-refractivity contribution in [2.45, 2.75) is 29.9 Å². The first-order chi connectivity index (χ1) is 11.1. The molecule has 4 heteroatoms. The first-order valence-corrected chi connectivity index (χ1v) is 9.76. The van der Waals surface area contributed by atoms with Gasteiger partial charge < -0.3 is 9.47 Å². The standard InChI is InChI=1S/C19H22O2S2/c1-12-7-15-10-22-19(23-11-16(15)8-13(12)2)14-5-6-17(20-3)18(9-14)21-4/h5-9,19H,10-11H2,1-4H3. The fraction of sp³-hybridized carbons (Fsp3) is 0.368. The molecule has 1 aliphatic rings. The molecule has 2 aromatic carbocycles. The molecule has 0 unspecified atom stereocenters. The minimum atomic E-state index is 0.419. The van der Waals surface area contributed by atoms with E-state index < -0.39 is 0 Å². The first-order valence-electron chi connectivity index (χ1n) is 7.66. The van der Waals surface area contributed by atoms with Crippen molar-refractivity contribution in [2.24, 2.45) is 0 Å². The van der Waals surface area contributed by atoms with Gasteiger partial charge in [-0.3, -0.25) is 0 Å². The van der Waals surface area contributed by atoms with Gasteiger partial charge >= 0.3 is 0 Å². The molecule has 0 spiro atoms. The van der Waals surface area contributed by atoms with Gasteiger partial charge in [0.2, 0.25) is 0 Å². The molecule has 0 bridgehead atoms. The Morgan fingerprint density at radius 3 is 1.91 bits per heavy atom. The topological polar surface area (TPSA) is 18.5 Å². The number of rotatable bonds is 3. The van der Waals surface area contributed by atoms with E-state index in [1.165, 1.54) is 27.8 Å². The molecule has 0 aliphatic carbocycles. The Hall–Kier alpha value is -1.26. The summed E-state index contributed by atoms with van der Waals surface area (Å²) in [6, 6.07) is 11.0. The van der Waals surface area contributed by atoms with E-state index in [-0.39, 0.29) is 0 Å². The molecular weight excluding hydrogens is 324 g/mol. The van der Waals surface area contributed by atoms with Crippen LogP contribution in [-0.4, -0.2) is 14.2 Å². The van der Waals surface area contributed by atoms with Crippen molar-refractivity contribution in [2.75, 3.05) is 14.2 Å². The highest BCUT2D eigenvalue weighted by molar-refractivity contribution is 8.15. The fourth-order valence-electron chi connectivity index (χ4n) is 2.78. The summed E-state index contributed by atoms with van der Waals surface area (Å²) in [6.45, 7) is 4.40. The lowest BCUT2D eigenvalue weighted by atomic mass is 10.0. The van der Waals surface area contributed by atoms with Crippen LogP contribution >= 0.6 is 23.5 Å². The summed E-state index contributed by atoms with van der Waals surface area (Å²) in [7, 11) is 3.37. The summed E-state index contributed by atoms with van der Waals surface area (Å²) in [5.74, 6) is 3.71. The molecule has 0 aromatic heterocycles. The first kappa shape index (κ1) is 16.6. The number of benzene rings is 2. The van der Waals surface area contributed by atoms with E-state index in [4.69, 9.17) is 9.47 Å². The molecule has 0 saturated heterocycles. The second-order valence-electron chi connectivity index (χ2n) is 5.77. The molecule has 0 radical (unpaired) electrons. The molecule has 2 nitrogen and oxygen atoms in total. The third-order valence-corrected chi connectivity index (χ3v) is 7.20. The second kappa shape index (κ2) is 7.10. The number of aryl methyl sites for hydroxylation is 2. The van der Waals surface area contributed by atoms with Gasteiger partial charge in [0.1, 0.15) is 0 Å². The third kappa shape index (κ3) is 3.48. The Morgan fingerprint density at radius 1 is 0.826 bits per heavy atom. The van der Waals surface area contributed by atoms with Crippen LogP contribution in [0.2, 0.25) is 0 Å². The maximum Gasteiger partial charge on any atom is 0.161 e. The quantitative estimate of drug-likeness (QED) is 0.730. The van der Waals surface area contributed by atoms with Crippen molar-refractivity contribution < 1.29 is 9.47 Å². The second-order valence-corrected chi connectivity index (χ2v) is 8.26. The predicted octanol–water partition coefficient (Wildman–Crippen LogP) is 5.50. The minimum absolute atomic E-state index is 0.419. The van der Waals surface area contributed by atoms with Crippen LogP contribution in [0.5, 0.6) is 11.5 Å². The Balaban J connectivity index is 1.84. The summed E-state index contributed by atoms with van der Waals surface area (Å²) in [6.07, 6.45) is 0. The van der Waals surface area contributed by atoms with Crippen LogP contribution in [0.4, 0.5) is 0 Å². The van der Waals surface area contributed by atoms with Crippen molar-refractivity contribution in [1.82, 2.24) is 0 Å². The normalized spacial score (nSPS) is 15.0. The number of hydrogen-bond acceptors (Lipinski definition) is 4. The number of fused-ring (bicyclic) bond motifs is 1. The van der Waals surface area contributed by atoms with Crippen LogP contribution in [0.15, 0.2) is 30.3 Å². The van der Waals surface area contributed by atoms with Gasteiger partial charge in [0.05, 0.1) is 18.8 Å². The molecule has 0 N–H and O–H groups in total. The van der Waals surface area contributed by atoms with Crippen molar-refractivity contribution in [3.63, 3.8) is 0 Å². The number of methoxy groups -OCH3 is 2. The molecule has 0 atom stereocenters. The van der Waals surface area contributed by atoms with Crippen molar-refractivity contribution in [3.8, 4) is 11.5 Å². The Labute approximate surface area is 147 Å². The van der Waals surface area contributed by atoms with E-state index in [1.807, 2.05) is 29.6 Å². The minimum Gasteiger partial charge on any atom is -0.493 e. The van der Waals surface area contributed by atoms with Crippen LogP contribution in [0, 0.1) is 13.8 Å². The van der Waals surface area contributed by atoms with Crippen molar-refractivity contribution in [1.29, 1.82) is 0 Å². The highest BCUT2D eigenvalue weighted by Gasteiger charge is 2.20. The lowest BCUT2D eigenvalue weighted by Crippen LogP contribution is -1.94. The van der Waals surface area contributed by atoms with Crippen molar-refractivity contribution >= 4 is 23.5 Å². The summed E-state index contributed by atoms with van der Waals surface area (Å²) in [5, 5.41) is 0. The van der Waals surface area contributed by atoms with Gasteiger partial charge in [-0.15, -0.1) is 23.5 Å². The Bertz CT molecular complexity index is 680. The number of thioether (sulfide) groups is 2. The molecule has 122 valence electrons. The molecule has 2 aromatic rings. The summed E-state index contributed by atoms with van der Waals surface area (Å²) in [4.78, 5) is 0. The van der Waals surface area contributed by atoms with E-state index in [1.54, 1.807) is 14.2 Å². The largest absolute Gasteiger partial charge is 0.493 e. The zero-order chi connectivity index (χ0) is 16.4. The van der Waals surface area contributed by atoms with Crippen LogP contribution in [0.3, 0.4) is 0 Å². The van der Waals surface area contributed by atoms with Gasteiger partial charge in [-0.25, -0.2) is 0 Å². The van der Waals surface area contributed by atoms with Gasteiger partial charge in [-0.05, 0) is 53.8 Å². The lowest BCUT2D eigenvalue weighted by Gasteiger charge is -2.16. The predicted molar refractivity (Wildman–Crippen MR) is 101 cm³/mol. The van der Waals surface area contributed by atoms with Gasteiger partial charge in [0.15, 0.2) is 11.5 Å². The Kier molecular flexibility index (Phi) is 5.12. The summed E-state index contributed by atoms with van der Waals surface area (Å²) >= 11 is 3.99. The zero-order valence-corrected chi connectivity index (χ0v) is 15.6.